The van der Waals surface area contributed by atoms with Gasteiger partial charge in [-0.1, -0.05) is 33.9 Å². The second kappa shape index (κ2) is 7.52. The number of amides is 1. The fourth-order valence-corrected chi connectivity index (χ4v) is 6.95. The smallest absolute Gasteiger partial charge is 0.409 e. The van der Waals surface area contributed by atoms with Gasteiger partial charge in [0.2, 0.25) is 0 Å². The number of carbonyl (C=O) groups excluding carboxylic acids is 2. The van der Waals surface area contributed by atoms with Crippen LogP contribution in [-0.2, 0) is 0 Å². The Labute approximate surface area is 161 Å². The monoisotopic (exact) mass is 391 g/mol. The van der Waals surface area contributed by atoms with E-state index in [-0.39, 0.29) is 5.04 Å². The van der Waals surface area contributed by atoms with Gasteiger partial charge in [-0.25, -0.2) is 4.79 Å². The van der Waals surface area contributed by atoms with Crippen LogP contribution in [0.3, 0.4) is 0 Å². The molecule has 0 aliphatic rings. The zero-order valence-electron chi connectivity index (χ0n) is 16.8. The highest BCUT2D eigenvalue weighted by molar-refractivity contribution is 7.31. The van der Waals surface area contributed by atoms with Crippen molar-refractivity contribution in [3.63, 3.8) is 0 Å². The molecule has 0 N–H and O–H groups in total. The van der Waals surface area contributed by atoms with Crippen LogP contribution < -0.4 is 9.24 Å². The van der Waals surface area contributed by atoms with Crippen LogP contribution in [0.25, 0.3) is 10.1 Å². The van der Waals surface area contributed by atoms with Gasteiger partial charge in [0.15, 0.2) is 12.0 Å². The molecule has 0 fully saturated rings. The maximum atomic E-state index is 12.4. The fraction of sp³-hybridized carbons (Fsp3) is 0.500. The largest absolute Gasteiger partial charge is 0.415 e. The van der Waals surface area contributed by atoms with E-state index < -0.39 is 14.2 Å². The van der Waals surface area contributed by atoms with E-state index in [1.165, 1.54) is 4.50 Å². The van der Waals surface area contributed by atoms with Crippen molar-refractivity contribution in [3.8, 4) is 5.75 Å². The maximum absolute atomic E-state index is 12.4. The molecule has 0 unspecified atom stereocenters. The predicted molar refractivity (Wildman–Crippen MR) is 113 cm³/mol. The van der Waals surface area contributed by atoms with Crippen LogP contribution in [0.4, 0.5) is 4.79 Å². The van der Waals surface area contributed by atoms with Crippen LogP contribution >= 0.6 is 11.3 Å². The van der Waals surface area contributed by atoms with E-state index in [9.17, 15) is 9.59 Å². The molecule has 0 saturated carbocycles. The highest BCUT2D eigenvalue weighted by Crippen LogP contribution is 2.40. The van der Waals surface area contributed by atoms with Crippen LogP contribution in [0.5, 0.6) is 5.75 Å². The number of hydrogen-bond donors (Lipinski definition) is 0. The summed E-state index contributed by atoms with van der Waals surface area (Å²) in [5, 5.41) is 1.07. The normalized spacial score (nSPS) is 12.3. The molecule has 0 bridgehead atoms. The molecule has 1 aromatic carbocycles. The lowest BCUT2D eigenvalue weighted by molar-refractivity contribution is 0.112. The first-order valence-electron chi connectivity index (χ1n) is 9.05. The van der Waals surface area contributed by atoms with Crippen molar-refractivity contribution < 1.29 is 14.3 Å². The molecular weight excluding hydrogens is 362 g/mol. The third-order valence-corrected chi connectivity index (χ3v) is 13.4. The molecule has 4 nitrogen and oxygen atoms in total. The lowest BCUT2D eigenvalue weighted by atomic mass is 10.1. The Hall–Kier alpha value is -1.66. The molecular formula is C20H29NO3SSi. The first-order chi connectivity index (χ1) is 12.1. The summed E-state index contributed by atoms with van der Waals surface area (Å²) in [5.41, 5.74) is 0.414. The number of hydrogen-bond acceptors (Lipinski definition) is 4. The van der Waals surface area contributed by atoms with Crippen molar-refractivity contribution in [2.75, 3.05) is 13.1 Å². The zero-order chi connectivity index (χ0) is 19.7. The number of aldehydes is 1. The summed E-state index contributed by atoms with van der Waals surface area (Å²) in [6.07, 6.45) is 0.346. The molecule has 0 spiro atoms. The number of carbonyl (C=O) groups is 2. The highest BCUT2D eigenvalue weighted by atomic mass is 32.1. The van der Waals surface area contributed by atoms with Crippen LogP contribution in [0.15, 0.2) is 18.2 Å². The summed E-state index contributed by atoms with van der Waals surface area (Å²) in [6, 6.07) is 5.83. The Kier molecular flexibility index (Phi) is 5.98. The molecule has 0 saturated heterocycles. The Balaban J connectivity index is 2.58. The zero-order valence-corrected chi connectivity index (χ0v) is 18.6. The summed E-state index contributed by atoms with van der Waals surface area (Å²) in [4.78, 5) is 25.6. The van der Waals surface area contributed by atoms with Gasteiger partial charge in [0.05, 0.1) is 13.6 Å². The average Bonchev–Trinajstić information content (AvgIpc) is 3.00. The number of benzene rings is 1. The lowest BCUT2D eigenvalue weighted by Crippen LogP contribution is -2.47. The standard InChI is InChI=1S/C20H29NO3SSi/c1-8-21(9-2)19(23)24-18-14(13-22)10-11-16-15(18)12-17(25-16)26(6,7)20(3,4)5/h10-13H,8-9H2,1-7H3. The molecule has 2 rings (SSSR count). The summed E-state index contributed by atoms with van der Waals surface area (Å²) in [6.45, 7) is 16.5. The molecule has 142 valence electrons. The molecule has 26 heavy (non-hydrogen) atoms. The van der Waals surface area contributed by atoms with E-state index in [1.807, 2.05) is 19.9 Å². The van der Waals surface area contributed by atoms with E-state index >= 15 is 0 Å². The van der Waals surface area contributed by atoms with Gasteiger partial charge in [0.25, 0.3) is 0 Å². The van der Waals surface area contributed by atoms with E-state index in [2.05, 4.69) is 39.9 Å². The molecule has 0 radical (unpaired) electrons. The Morgan fingerprint density at radius 3 is 2.35 bits per heavy atom. The van der Waals surface area contributed by atoms with Crippen molar-refractivity contribution in [1.82, 2.24) is 4.90 Å². The van der Waals surface area contributed by atoms with Crippen molar-refractivity contribution in [3.05, 3.63) is 23.8 Å². The quantitative estimate of drug-likeness (QED) is 0.515. The molecule has 0 aliphatic carbocycles. The van der Waals surface area contributed by atoms with Gasteiger partial charge >= 0.3 is 6.09 Å². The van der Waals surface area contributed by atoms with Crippen LogP contribution in [0, 0.1) is 0 Å². The van der Waals surface area contributed by atoms with E-state index in [0.29, 0.717) is 24.4 Å². The summed E-state index contributed by atoms with van der Waals surface area (Å²) in [7, 11) is -1.71. The molecule has 1 aromatic heterocycles. The molecule has 1 heterocycles. The van der Waals surface area contributed by atoms with E-state index in [0.717, 1.165) is 16.4 Å². The SMILES string of the molecule is CCN(CC)C(=O)Oc1c(C=O)ccc2sc([Si](C)(C)C(C)(C)C)cc12. The van der Waals surface area contributed by atoms with Crippen molar-refractivity contribution in [2.24, 2.45) is 0 Å². The minimum atomic E-state index is -1.71. The minimum absolute atomic E-state index is 0.208. The van der Waals surface area contributed by atoms with Gasteiger partial charge in [0, 0.05) is 23.2 Å². The highest BCUT2D eigenvalue weighted by Gasteiger charge is 2.38. The third kappa shape index (κ3) is 3.71. The first kappa shape index (κ1) is 20.6. The number of rotatable bonds is 5. The van der Waals surface area contributed by atoms with Crippen molar-refractivity contribution >= 4 is 46.4 Å². The van der Waals surface area contributed by atoms with Crippen molar-refractivity contribution in [1.29, 1.82) is 0 Å². The van der Waals surface area contributed by atoms with Gasteiger partial charge in [-0.2, -0.15) is 0 Å². The van der Waals surface area contributed by atoms with Gasteiger partial charge in [-0.3, -0.25) is 4.79 Å². The molecule has 2 aromatic rings. The van der Waals surface area contributed by atoms with E-state index in [1.54, 1.807) is 22.3 Å². The third-order valence-electron chi connectivity index (χ3n) is 5.51. The minimum Gasteiger partial charge on any atom is -0.409 e. The lowest BCUT2D eigenvalue weighted by Gasteiger charge is -2.35. The number of thiophene rings is 1. The fourth-order valence-electron chi connectivity index (χ4n) is 2.62. The topological polar surface area (TPSA) is 46.6 Å². The van der Waals surface area contributed by atoms with Crippen LogP contribution in [-0.4, -0.2) is 38.4 Å². The summed E-state index contributed by atoms with van der Waals surface area (Å²) in [5.74, 6) is 0.385. The second-order valence-electron chi connectivity index (χ2n) is 8.04. The van der Waals surface area contributed by atoms with Gasteiger partial charge in [-0.05, 0) is 41.6 Å². The Morgan fingerprint density at radius 1 is 1.23 bits per heavy atom. The van der Waals surface area contributed by atoms with Gasteiger partial charge in [-0.15, -0.1) is 11.3 Å². The average molecular weight is 392 g/mol. The Bertz CT molecular complexity index is 816. The van der Waals surface area contributed by atoms with Gasteiger partial charge < -0.3 is 9.64 Å². The van der Waals surface area contributed by atoms with Crippen LogP contribution in [0.1, 0.15) is 45.0 Å². The summed E-state index contributed by atoms with van der Waals surface area (Å²) < 4.78 is 8.09. The Morgan fingerprint density at radius 2 is 1.85 bits per heavy atom. The number of fused-ring (bicyclic) bond motifs is 1. The molecule has 1 amide bonds. The number of ether oxygens (including phenoxy) is 1. The number of nitrogens with zero attached hydrogens (tertiary/aromatic N) is 1. The molecule has 0 atom stereocenters. The van der Waals surface area contributed by atoms with Crippen molar-refractivity contribution in [2.45, 2.75) is 52.8 Å². The van der Waals surface area contributed by atoms with Crippen LogP contribution in [0.2, 0.25) is 18.1 Å². The summed E-state index contributed by atoms with van der Waals surface area (Å²) >= 11 is 1.75. The van der Waals surface area contributed by atoms with Gasteiger partial charge in [0.1, 0.15) is 0 Å². The first-order valence-corrected chi connectivity index (χ1v) is 12.9. The molecule has 6 heteroatoms. The maximum Gasteiger partial charge on any atom is 0.415 e. The van der Waals surface area contributed by atoms with E-state index in [4.69, 9.17) is 4.74 Å². The molecule has 0 aliphatic heterocycles. The predicted octanol–water partition coefficient (Wildman–Crippen LogP) is 5.27. The second-order valence-corrected chi connectivity index (χ2v) is 14.8.